The van der Waals surface area contributed by atoms with Crippen LogP contribution in [0.1, 0.15) is 24.6 Å². The third-order valence-electron chi connectivity index (χ3n) is 4.10. The normalized spacial score (nSPS) is 17.6. The van der Waals surface area contributed by atoms with Gasteiger partial charge in [0.05, 0.1) is 19.6 Å². The zero-order valence-corrected chi connectivity index (χ0v) is 14.6. The van der Waals surface area contributed by atoms with Crippen LogP contribution in [0.5, 0.6) is 0 Å². The number of rotatable bonds is 8. The SMILES string of the molecule is CCN(CC(=O)NCc1cccs1)C(=O)CN1CCCC1C(=O)O. The van der Waals surface area contributed by atoms with E-state index in [2.05, 4.69) is 5.32 Å². The Labute approximate surface area is 145 Å². The van der Waals surface area contributed by atoms with Gasteiger partial charge in [0.1, 0.15) is 6.04 Å². The summed E-state index contributed by atoms with van der Waals surface area (Å²) >= 11 is 1.56. The van der Waals surface area contributed by atoms with Crippen molar-refractivity contribution in [1.29, 1.82) is 0 Å². The minimum Gasteiger partial charge on any atom is -0.480 e. The molecule has 0 radical (unpaired) electrons. The molecule has 1 saturated heterocycles. The number of carboxylic acid groups (broad SMARTS) is 1. The number of thiophene rings is 1. The summed E-state index contributed by atoms with van der Waals surface area (Å²) in [6.07, 6.45) is 1.34. The fraction of sp³-hybridized carbons (Fsp3) is 0.562. The van der Waals surface area contributed by atoms with Gasteiger partial charge in [-0.15, -0.1) is 11.3 Å². The minimum atomic E-state index is -0.892. The quantitative estimate of drug-likeness (QED) is 0.720. The maximum atomic E-state index is 12.4. The molecule has 0 spiro atoms. The number of likely N-dealkylation sites (N-methyl/N-ethyl adjacent to an activating group) is 1. The molecule has 2 N–H and O–H groups in total. The molecule has 1 aliphatic heterocycles. The first kappa shape index (κ1) is 18.4. The van der Waals surface area contributed by atoms with Crippen molar-refractivity contribution < 1.29 is 19.5 Å². The summed E-state index contributed by atoms with van der Waals surface area (Å²) in [7, 11) is 0. The average molecular weight is 353 g/mol. The lowest BCUT2D eigenvalue weighted by atomic mass is 10.2. The van der Waals surface area contributed by atoms with E-state index < -0.39 is 12.0 Å². The first-order valence-electron chi connectivity index (χ1n) is 8.05. The number of amides is 2. The molecule has 0 aliphatic carbocycles. The van der Waals surface area contributed by atoms with Gasteiger partial charge in [0.2, 0.25) is 11.8 Å². The van der Waals surface area contributed by atoms with Crippen molar-refractivity contribution in [3.05, 3.63) is 22.4 Å². The van der Waals surface area contributed by atoms with E-state index in [9.17, 15) is 14.4 Å². The fourth-order valence-corrected chi connectivity index (χ4v) is 3.42. The second-order valence-corrected chi connectivity index (χ2v) is 6.76. The summed E-state index contributed by atoms with van der Waals surface area (Å²) in [5.41, 5.74) is 0. The van der Waals surface area contributed by atoms with Crippen LogP contribution in [0.15, 0.2) is 17.5 Å². The molecule has 0 bridgehead atoms. The van der Waals surface area contributed by atoms with Crippen LogP contribution in [0.25, 0.3) is 0 Å². The zero-order chi connectivity index (χ0) is 17.5. The van der Waals surface area contributed by atoms with Crippen LogP contribution >= 0.6 is 11.3 Å². The molecule has 1 fully saturated rings. The van der Waals surface area contributed by atoms with Gasteiger partial charge in [-0.3, -0.25) is 19.3 Å². The third kappa shape index (κ3) is 5.04. The van der Waals surface area contributed by atoms with E-state index in [0.29, 0.717) is 26.1 Å². The Bertz CT molecular complexity index is 576. The molecule has 132 valence electrons. The first-order valence-corrected chi connectivity index (χ1v) is 8.93. The summed E-state index contributed by atoms with van der Waals surface area (Å²) in [6, 6.07) is 3.26. The average Bonchev–Trinajstić information content (AvgIpc) is 3.21. The maximum Gasteiger partial charge on any atom is 0.320 e. The molecule has 2 rings (SSSR count). The molecule has 7 nitrogen and oxygen atoms in total. The van der Waals surface area contributed by atoms with Gasteiger partial charge in [0, 0.05) is 11.4 Å². The monoisotopic (exact) mass is 353 g/mol. The van der Waals surface area contributed by atoms with Crippen LogP contribution < -0.4 is 5.32 Å². The van der Waals surface area contributed by atoms with Crippen molar-refractivity contribution in [1.82, 2.24) is 15.1 Å². The second-order valence-electron chi connectivity index (χ2n) is 5.73. The molecule has 2 amide bonds. The summed E-state index contributed by atoms with van der Waals surface area (Å²) < 4.78 is 0. The lowest BCUT2D eigenvalue weighted by molar-refractivity contribution is -0.144. The number of hydrogen-bond donors (Lipinski definition) is 2. The van der Waals surface area contributed by atoms with Gasteiger partial charge in [-0.2, -0.15) is 0 Å². The summed E-state index contributed by atoms with van der Waals surface area (Å²) in [5.74, 6) is -1.32. The van der Waals surface area contributed by atoms with Crippen molar-refractivity contribution in [2.45, 2.75) is 32.4 Å². The predicted octanol–water partition coefficient (Wildman–Crippen LogP) is 0.762. The number of nitrogens with one attached hydrogen (secondary N) is 1. The number of aliphatic carboxylic acids is 1. The molecule has 24 heavy (non-hydrogen) atoms. The van der Waals surface area contributed by atoms with Gasteiger partial charge in [-0.25, -0.2) is 0 Å². The number of carbonyl (C=O) groups is 3. The molecule has 0 saturated carbocycles. The lowest BCUT2D eigenvalue weighted by Gasteiger charge is -2.25. The summed E-state index contributed by atoms with van der Waals surface area (Å²) in [5, 5.41) is 13.9. The molecule has 8 heteroatoms. The molecule has 1 aliphatic rings. The number of nitrogens with zero attached hydrogens (tertiary/aromatic N) is 2. The van der Waals surface area contributed by atoms with Crippen molar-refractivity contribution in [2.24, 2.45) is 0 Å². The smallest absolute Gasteiger partial charge is 0.320 e. The largest absolute Gasteiger partial charge is 0.480 e. The van der Waals surface area contributed by atoms with E-state index in [1.165, 1.54) is 4.90 Å². The molecule has 0 aromatic carbocycles. The Morgan fingerprint density at radius 2 is 2.25 bits per heavy atom. The highest BCUT2D eigenvalue weighted by Crippen LogP contribution is 2.17. The number of hydrogen-bond acceptors (Lipinski definition) is 5. The van der Waals surface area contributed by atoms with Crippen LogP contribution in [0.4, 0.5) is 0 Å². The summed E-state index contributed by atoms with van der Waals surface area (Å²) in [4.78, 5) is 39.8. The van der Waals surface area contributed by atoms with Gasteiger partial charge in [0.25, 0.3) is 0 Å². The van der Waals surface area contributed by atoms with E-state index in [-0.39, 0.29) is 24.9 Å². The Morgan fingerprint density at radius 3 is 2.88 bits per heavy atom. The van der Waals surface area contributed by atoms with Gasteiger partial charge in [0.15, 0.2) is 0 Å². The van der Waals surface area contributed by atoms with E-state index >= 15 is 0 Å². The van der Waals surface area contributed by atoms with Crippen molar-refractivity contribution in [3.8, 4) is 0 Å². The topological polar surface area (TPSA) is 90.0 Å². The van der Waals surface area contributed by atoms with Crippen LogP contribution in [-0.2, 0) is 20.9 Å². The standard InChI is InChI=1S/C16H23N3O4S/c1-2-18(10-14(20)17-9-12-5-4-8-24-12)15(21)11-19-7-3-6-13(19)16(22)23/h4-5,8,13H,2-3,6-7,9-11H2,1H3,(H,17,20)(H,22,23). The molecule has 1 unspecified atom stereocenters. The number of carboxylic acids is 1. The van der Waals surface area contributed by atoms with Crippen molar-refractivity contribution >= 4 is 29.1 Å². The van der Waals surface area contributed by atoms with E-state index in [1.807, 2.05) is 24.4 Å². The predicted molar refractivity (Wildman–Crippen MR) is 90.7 cm³/mol. The highest BCUT2D eigenvalue weighted by atomic mass is 32.1. The van der Waals surface area contributed by atoms with E-state index in [4.69, 9.17) is 5.11 Å². The lowest BCUT2D eigenvalue weighted by Crippen LogP contribution is -2.47. The van der Waals surface area contributed by atoms with Crippen molar-refractivity contribution in [2.75, 3.05) is 26.2 Å². The number of carbonyl (C=O) groups excluding carboxylic acids is 2. The van der Waals surface area contributed by atoms with Crippen LogP contribution in [-0.4, -0.2) is 64.9 Å². The Hall–Kier alpha value is -1.93. The highest BCUT2D eigenvalue weighted by Gasteiger charge is 2.32. The van der Waals surface area contributed by atoms with Crippen LogP contribution in [0, 0.1) is 0 Å². The molecule has 2 heterocycles. The molecule has 1 aromatic rings. The van der Waals surface area contributed by atoms with E-state index in [1.54, 1.807) is 16.2 Å². The van der Waals surface area contributed by atoms with Gasteiger partial charge in [-0.05, 0) is 37.8 Å². The van der Waals surface area contributed by atoms with Crippen LogP contribution in [0.2, 0.25) is 0 Å². The zero-order valence-electron chi connectivity index (χ0n) is 13.7. The molecular formula is C16H23N3O4S. The van der Waals surface area contributed by atoms with Gasteiger partial charge < -0.3 is 15.3 Å². The maximum absolute atomic E-state index is 12.4. The minimum absolute atomic E-state index is 0.00765. The van der Waals surface area contributed by atoms with E-state index in [0.717, 1.165) is 11.3 Å². The van der Waals surface area contributed by atoms with Gasteiger partial charge >= 0.3 is 5.97 Å². The van der Waals surface area contributed by atoms with Crippen LogP contribution in [0.3, 0.4) is 0 Å². The summed E-state index contributed by atoms with van der Waals surface area (Å²) in [6.45, 7) is 3.32. The highest BCUT2D eigenvalue weighted by molar-refractivity contribution is 7.09. The third-order valence-corrected chi connectivity index (χ3v) is 4.97. The Balaban J connectivity index is 1.82. The second kappa shape index (κ2) is 8.79. The fourth-order valence-electron chi connectivity index (χ4n) is 2.77. The Kier molecular flexibility index (Phi) is 6.74. The van der Waals surface area contributed by atoms with Crippen molar-refractivity contribution in [3.63, 3.8) is 0 Å². The Morgan fingerprint density at radius 1 is 1.46 bits per heavy atom. The molecule has 1 atom stereocenters. The molecular weight excluding hydrogens is 330 g/mol. The number of likely N-dealkylation sites (tertiary alicyclic amines) is 1. The van der Waals surface area contributed by atoms with Gasteiger partial charge in [-0.1, -0.05) is 6.07 Å². The molecule has 1 aromatic heterocycles. The first-order chi connectivity index (χ1) is 11.5.